The lowest BCUT2D eigenvalue weighted by Gasteiger charge is -2.12. The number of fused-ring (bicyclic) bond motifs is 1. The molecule has 0 aliphatic rings. The van der Waals surface area contributed by atoms with Gasteiger partial charge in [-0.15, -0.1) is 0 Å². The normalized spacial score (nSPS) is 10.4. The van der Waals surface area contributed by atoms with Crippen LogP contribution in [0.15, 0.2) is 65.8 Å². The molecule has 0 atom stereocenters. The first kappa shape index (κ1) is 23.7. The fraction of sp³-hybridized carbons (Fsp3) is 0.250. The van der Waals surface area contributed by atoms with Crippen LogP contribution in [0.25, 0.3) is 10.9 Å². The van der Waals surface area contributed by atoms with E-state index in [-0.39, 0.29) is 38.0 Å². The Morgan fingerprint density at radius 2 is 1.91 bits per heavy atom. The van der Waals surface area contributed by atoms with Crippen molar-refractivity contribution >= 4 is 22.6 Å². The number of nitrogens with one attached hydrogen (secondary N) is 3. The quantitative estimate of drug-likeness (QED) is 0.343. The van der Waals surface area contributed by atoms with Gasteiger partial charge in [-0.3, -0.25) is 19.1 Å². The molecule has 4 N–H and O–H groups in total. The van der Waals surface area contributed by atoms with E-state index in [1.165, 1.54) is 16.3 Å². The molecule has 9 nitrogen and oxygen atoms in total. The third-order valence-electron chi connectivity index (χ3n) is 4.86. The van der Waals surface area contributed by atoms with Crippen molar-refractivity contribution in [1.29, 1.82) is 0 Å². The molecule has 0 saturated carbocycles. The molecule has 4 rings (SSSR count). The van der Waals surface area contributed by atoms with E-state index in [9.17, 15) is 9.59 Å². The Labute approximate surface area is 191 Å². The molecule has 0 saturated heterocycles. The largest absolute Gasteiger partial charge is 0.395 e. The van der Waals surface area contributed by atoms with Crippen LogP contribution in [0.4, 0.5) is 5.82 Å². The van der Waals surface area contributed by atoms with E-state index >= 15 is 0 Å². The van der Waals surface area contributed by atoms with Gasteiger partial charge in [0, 0.05) is 30.0 Å². The van der Waals surface area contributed by atoms with Gasteiger partial charge in [0.25, 0.3) is 5.56 Å². The number of aryl methyl sites for hydroxylation is 2. The van der Waals surface area contributed by atoms with Gasteiger partial charge in [0.15, 0.2) is 5.82 Å². The summed E-state index contributed by atoms with van der Waals surface area (Å²) >= 11 is 0. The number of aromatic nitrogens is 4. The number of rotatable bonds is 7. The highest BCUT2D eigenvalue weighted by Crippen LogP contribution is 2.11. The van der Waals surface area contributed by atoms with Crippen LogP contribution in [0.3, 0.4) is 0 Å². The highest BCUT2D eigenvalue weighted by Gasteiger charge is 2.11. The molecule has 172 valence electrons. The van der Waals surface area contributed by atoms with Gasteiger partial charge in [-0.25, -0.2) is 4.98 Å². The molecule has 0 aliphatic heterocycles. The number of amides is 1. The van der Waals surface area contributed by atoms with E-state index in [1.54, 1.807) is 13.1 Å². The second kappa shape index (κ2) is 11.6. The number of aliphatic hydroxyl groups is 1. The van der Waals surface area contributed by atoms with Crippen LogP contribution < -0.4 is 16.2 Å². The number of hydrogen-bond donors (Lipinski definition) is 4. The molecule has 1 aromatic carbocycles. The first-order chi connectivity index (χ1) is 16.0. The molecule has 0 fully saturated rings. The maximum Gasteiger partial charge on any atom is 0.293 e. The Bertz CT molecular complexity index is 1250. The predicted molar refractivity (Wildman–Crippen MR) is 128 cm³/mol. The minimum Gasteiger partial charge on any atom is -0.395 e. The highest BCUT2D eigenvalue weighted by molar-refractivity contribution is 5.79. The molecule has 0 bridgehead atoms. The van der Waals surface area contributed by atoms with Crippen molar-refractivity contribution in [3.05, 3.63) is 88.4 Å². The number of H-pyrrole nitrogens is 1. The van der Waals surface area contributed by atoms with Crippen LogP contribution in [0, 0.1) is 13.8 Å². The summed E-state index contributed by atoms with van der Waals surface area (Å²) < 4.78 is 1.34. The van der Waals surface area contributed by atoms with E-state index in [0.717, 1.165) is 16.6 Å². The Balaban J connectivity index is 0.000000374. The number of aromatic amines is 1. The van der Waals surface area contributed by atoms with Crippen LogP contribution >= 0.6 is 0 Å². The monoisotopic (exact) mass is 448 g/mol. The third kappa shape index (κ3) is 6.75. The van der Waals surface area contributed by atoms with Crippen molar-refractivity contribution in [2.75, 3.05) is 18.5 Å². The van der Waals surface area contributed by atoms with Gasteiger partial charge in [-0.1, -0.05) is 35.9 Å². The second-order valence-electron chi connectivity index (χ2n) is 7.46. The SMILES string of the molecule is Cc1ccccc1.Cc1cnc(NCCO)c(=O)n1CC(=O)NCc1cc2cc[nH]c2cn1. The molecule has 0 spiro atoms. The van der Waals surface area contributed by atoms with E-state index in [4.69, 9.17) is 5.11 Å². The summed E-state index contributed by atoms with van der Waals surface area (Å²) in [6.45, 7) is 4.04. The maximum absolute atomic E-state index is 12.4. The molecule has 9 heteroatoms. The Morgan fingerprint density at radius 3 is 2.61 bits per heavy atom. The summed E-state index contributed by atoms with van der Waals surface area (Å²) in [7, 11) is 0. The lowest BCUT2D eigenvalue weighted by Crippen LogP contribution is -2.34. The van der Waals surface area contributed by atoms with Crippen LogP contribution in [-0.2, 0) is 17.9 Å². The smallest absolute Gasteiger partial charge is 0.293 e. The number of carbonyl (C=O) groups excluding carboxylic acids is 1. The van der Waals surface area contributed by atoms with E-state index in [0.29, 0.717) is 5.69 Å². The van der Waals surface area contributed by atoms with Crippen molar-refractivity contribution in [2.24, 2.45) is 0 Å². The predicted octanol–water partition coefficient (Wildman–Crippen LogP) is 2.14. The van der Waals surface area contributed by atoms with Crippen molar-refractivity contribution in [1.82, 2.24) is 24.8 Å². The topological polar surface area (TPSA) is 125 Å². The summed E-state index contributed by atoms with van der Waals surface area (Å²) in [5.74, 6) is -0.192. The van der Waals surface area contributed by atoms with Gasteiger partial charge in [0.1, 0.15) is 6.54 Å². The molecule has 0 radical (unpaired) electrons. The number of aliphatic hydroxyl groups excluding tert-OH is 1. The zero-order valence-electron chi connectivity index (χ0n) is 18.7. The van der Waals surface area contributed by atoms with Crippen molar-refractivity contribution in [2.45, 2.75) is 26.9 Å². The minimum atomic E-state index is -0.402. The molecule has 3 aromatic heterocycles. The summed E-state index contributed by atoms with van der Waals surface area (Å²) in [6.07, 6.45) is 5.05. The zero-order chi connectivity index (χ0) is 23.6. The molecule has 4 aromatic rings. The number of hydrogen-bond acceptors (Lipinski definition) is 6. The van der Waals surface area contributed by atoms with Crippen molar-refractivity contribution in [3.8, 4) is 0 Å². The van der Waals surface area contributed by atoms with Gasteiger partial charge >= 0.3 is 0 Å². The maximum atomic E-state index is 12.4. The standard InChI is InChI=1S/C17H20N6O3.C7H8/c1-11-7-22-16(19-4-5-24)17(26)23(11)10-15(25)21-8-13-6-12-2-3-18-14(12)9-20-13;1-7-5-3-2-4-6-7/h2-3,6-7,9,18,24H,4-5,8,10H2,1H3,(H,19,22)(H,21,25);2-6H,1H3. The van der Waals surface area contributed by atoms with Crippen LogP contribution in [0.1, 0.15) is 17.0 Å². The zero-order valence-corrected chi connectivity index (χ0v) is 18.7. The second-order valence-corrected chi connectivity index (χ2v) is 7.46. The first-order valence-electron chi connectivity index (χ1n) is 10.6. The first-order valence-corrected chi connectivity index (χ1v) is 10.6. The van der Waals surface area contributed by atoms with Crippen LogP contribution in [-0.4, -0.2) is 43.7 Å². The summed E-state index contributed by atoms with van der Waals surface area (Å²) in [4.78, 5) is 36.0. The number of nitrogens with zero attached hydrogens (tertiary/aromatic N) is 3. The van der Waals surface area contributed by atoms with Crippen molar-refractivity contribution in [3.63, 3.8) is 0 Å². The lowest BCUT2D eigenvalue weighted by atomic mass is 10.2. The summed E-state index contributed by atoms with van der Waals surface area (Å²) in [5, 5.41) is 15.4. The average Bonchev–Trinajstić information content (AvgIpc) is 3.29. The number of anilines is 1. The number of benzene rings is 1. The molecule has 0 unspecified atom stereocenters. The van der Waals surface area contributed by atoms with Crippen LogP contribution in [0.2, 0.25) is 0 Å². The third-order valence-corrected chi connectivity index (χ3v) is 4.86. The van der Waals surface area contributed by atoms with E-state index in [2.05, 4.69) is 44.6 Å². The van der Waals surface area contributed by atoms with Gasteiger partial charge < -0.3 is 20.7 Å². The number of carbonyl (C=O) groups is 1. The Morgan fingerprint density at radius 1 is 1.12 bits per heavy atom. The Hall–Kier alpha value is -3.98. The fourth-order valence-electron chi connectivity index (χ4n) is 3.08. The molecular weight excluding hydrogens is 420 g/mol. The average molecular weight is 449 g/mol. The van der Waals surface area contributed by atoms with Crippen LogP contribution in [0.5, 0.6) is 0 Å². The van der Waals surface area contributed by atoms with E-state index < -0.39 is 5.56 Å². The summed E-state index contributed by atoms with van der Waals surface area (Å²) in [5.41, 5.74) is 3.16. The Kier molecular flexibility index (Phi) is 8.31. The lowest BCUT2D eigenvalue weighted by molar-refractivity contribution is -0.121. The minimum absolute atomic E-state index is 0.108. The fourth-order valence-corrected chi connectivity index (χ4v) is 3.08. The molecule has 3 heterocycles. The molecule has 33 heavy (non-hydrogen) atoms. The van der Waals surface area contributed by atoms with Gasteiger partial charge in [-0.2, -0.15) is 0 Å². The molecular formula is C24H28N6O3. The number of pyridine rings is 1. The molecule has 0 aliphatic carbocycles. The van der Waals surface area contributed by atoms with Gasteiger partial charge in [-0.05, 0) is 26.0 Å². The van der Waals surface area contributed by atoms with Gasteiger partial charge in [0.05, 0.1) is 30.6 Å². The van der Waals surface area contributed by atoms with Crippen molar-refractivity contribution < 1.29 is 9.90 Å². The highest BCUT2D eigenvalue weighted by atomic mass is 16.3. The summed E-state index contributed by atoms with van der Waals surface area (Å²) in [6, 6.07) is 14.1. The van der Waals surface area contributed by atoms with Gasteiger partial charge in [0.2, 0.25) is 5.91 Å². The molecule has 1 amide bonds. The van der Waals surface area contributed by atoms with E-state index in [1.807, 2.05) is 36.5 Å².